The van der Waals surface area contributed by atoms with Gasteiger partial charge < -0.3 is 10.4 Å². The molecule has 0 heterocycles. The van der Waals surface area contributed by atoms with Crippen LogP contribution in [-0.4, -0.2) is 23.6 Å². The van der Waals surface area contributed by atoms with E-state index in [9.17, 15) is 5.11 Å². The maximum atomic E-state index is 9.34. The van der Waals surface area contributed by atoms with Gasteiger partial charge in [-0.1, -0.05) is 26.0 Å². The molecule has 16 heavy (non-hydrogen) atoms. The fourth-order valence-corrected chi connectivity index (χ4v) is 1.68. The molecule has 0 spiro atoms. The Morgan fingerprint density at radius 2 is 2.12 bits per heavy atom. The van der Waals surface area contributed by atoms with E-state index >= 15 is 0 Å². The molecule has 0 aliphatic carbocycles. The molecule has 0 radical (unpaired) electrons. The predicted molar refractivity (Wildman–Crippen MR) is 70.2 cm³/mol. The fourth-order valence-electron chi connectivity index (χ4n) is 1.57. The summed E-state index contributed by atoms with van der Waals surface area (Å²) in [6.45, 7) is 4.91. The fraction of sp³-hybridized carbons (Fsp3) is 0.538. The third-order valence-corrected chi connectivity index (χ3v) is 2.65. The molecule has 0 bridgehead atoms. The monoisotopic (exact) mass is 241 g/mol. The first-order valence-electron chi connectivity index (χ1n) is 5.68. The Hall–Kier alpha value is -0.730. The van der Waals surface area contributed by atoms with Crippen LogP contribution in [0.25, 0.3) is 0 Å². The van der Waals surface area contributed by atoms with Crippen molar-refractivity contribution in [1.82, 2.24) is 0 Å². The molecule has 0 aliphatic heterocycles. The van der Waals surface area contributed by atoms with Crippen LogP contribution in [0.5, 0.6) is 0 Å². The van der Waals surface area contributed by atoms with Gasteiger partial charge in [-0.15, -0.1) is 11.6 Å². The smallest absolute Gasteiger partial charge is 0.0847 e. The maximum absolute atomic E-state index is 9.34. The second-order valence-electron chi connectivity index (χ2n) is 4.49. The minimum atomic E-state index is -0.490. The van der Waals surface area contributed by atoms with Crippen molar-refractivity contribution in [3.05, 3.63) is 29.8 Å². The van der Waals surface area contributed by atoms with Crippen molar-refractivity contribution < 1.29 is 5.11 Å². The van der Waals surface area contributed by atoms with Gasteiger partial charge in [-0.05, 0) is 30.0 Å². The zero-order chi connectivity index (χ0) is 12.0. The van der Waals surface area contributed by atoms with E-state index in [1.54, 1.807) is 0 Å². The number of alkyl halides is 1. The largest absolute Gasteiger partial charge is 0.390 e. The van der Waals surface area contributed by atoms with Crippen LogP contribution in [0.4, 0.5) is 5.69 Å². The summed E-state index contributed by atoms with van der Waals surface area (Å²) in [5, 5.41) is 12.5. The van der Waals surface area contributed by atoms with Crippen molar-refractivity contribution in [1.29, 1.82) is 0 Å². The van der Waals surface area contributed by atoms with Crippen molar-refractivity contribution in [2.45, 2.75) is 26.4 Å². The van der Waals surface area contributed by atoms with Gasteiger partial charge in [0.15, 0.2) is 0 Å². The summed E-state index contributed by atoms with van der Waals surface area (Å²) in [6, 6.07) is 8.29. The van der Waals surface area contributed by atoms with Crippen LogP contribution >= 0.6 is 11.6 Å². The molecule has 0 aliphatic rings. The molecule has 1 unspecified atom stereocenters. The number of aliphatic hydroxyl groups excluding tert-OH is 1. The van der Waals surface area contributed by atoms with Crippen LogP contribution in [-0.2, 0) is 6.42 Å². The number of aliphatic hydroxyl groups is 1. The summed E-state index contributed by atoms with van der Waals surface area (Å²) in [7, 11) is 0. The van der Waals surface area contributed by atoms with E-state index in [-0.39, 0.29) is 5.88 Å². The molecular formula is C13H20ClNO. The van der Waals surface area contributed by atoms with Crippen molar-refractivity contribution in [2.24, 2.45) is 5.92 Å². The van der Waals surface area contributed by atoms with E-state index in [1.165, 1.54) is 5.56 Å². The van der Waals surface area contributed by atoms with Gasteiger partial charge in [-0.3, -0.25) is 0 Å². The molecule has 0 saturated carbocycles. The van der Waals surface area contributed by atoms with E-state index < -0.39 is 6.10 Å². The van der Waals surface area contributed by atoms with E-state index in [2.05, 4.69) is 31.3 Å². The quantitative estimate of drug-likeness (QED) is 0.751. The van der Waals surface area contributed by atoms with Crippen LogP contribution < -0.4 is 5.32 Å². The highest BCUT2D eigenvalue weighted by Gasteiger charge is 2.02. The number of anilines is 1. The maximum Gasteiger partial charge on any atom is 0.0847 e. The van der Waals surface area contributed by atoms with Crippen LogP contribution in [0, 0.1) is 5.92 Å². The van der Waals surface area contributed by atoms with Crippen LogP contribution in [0.15, 0.2) is 24.3 Å². The summed E-state index contributed by atoms with van der Waals surface area (Å²) < 4.78 is 0. The summed E-state index contributed by atoms with van der Waals surface area (Å²) >= 11 is 5.53. The first-order chi connectivity index (χ1) is 7.61. The Morgan fingerprint density at radius 3 is 2.75 bits per heavy atom. The number of halogens is 1. The number of benzene rings is 1. The van der Waals surface area contributed by atoms with Crippen molar-refractivity contribution in [3.63, 3.8) is 0 Å². The van der Waals surface area contributed by atoms with Crippen LogP contribution in [0.3, 0.4) is 0 Å². The number of hydrogen-bond donors (Lipinski definition) is 2. The Morgan fingerprint density at radius 1 is 1.38 bits per heavy atom. The van der Waals surface area contributed by atoms with E-state index in [1.807, 2.05) is 12.1 Å². The number of hydrogen-bond acceptors (Lipinski definition) is 2. The van der Waals surface area contributed by atoms with Crippen molar-refractivity contribution in [3.8, 4) is 0 Å². The van der Waals surface area contributed by atoms with Gasteiger partial charge in [0.1, 0.15) is 0 Å². The molecule has 0 saturated heterocycles. The van der Waals surface area contributed by atoms with E-state index in [0.29, 0.717) is 12.5 Å². The molecule has 0 aromatic heterocycles. The molecule has 0 fully saturated rings. The molecule has 0 amide bonds. The molecule has 2 N–H and O–H groups in total. The lowest BCUT2D eigenvalue weighted by molar-refractivity contribution is 0.211. The molecule has 1 rings (SSSR count). The molecule has 90 valence electrons. The predicted octanol–water partition coefficient (Wildman–Crippen LogP) is 2.90. The topological polar surface area (TPSA) is 32.3 Å². The summed E-state index contributed by atoms with van der Waals surface area (Å²) in [5.74, 6) is 0.919. The van der Waals surface area contributed by atoms with Gasteiger partial charge in [0, 0.05) is 12.2 Å². The zero-order valence-corrected chi connectivity index (χ0v) is 10.7. The first-order valence-corrected chi connectivity index (χ1v) is 6.22. The average molecular weight is 242 g/mol. The second-order valence-corrected chi connectivity index (χ2v) is 4.80. The molecule has 1 aromatic carbocycles. The molecular weight excluding hydrogens is 222 g/mol. The summed E-state index contributed by atoms with van der Waals surface area (Å²) in [5.41, 5.74) is 2.36. The molecule has 1 atom stereocenters. The highest BCUT2D eigenvalue weighted by atomic mass is 35.5. The van der Waals surface area contributed by atoms with Gasteiger partial charge in [0.2, 0.25) is 0 Å². The molecule has 3 heteroatoms. The standard InChI is InChI=1S/C13H20ClNO/c1-10(2)6-11-4-3-5-12(7-11)15-9-13(16)8-14/h3-5,7,10,13,15-16H,6,8-9H2,1-2H3. The highest BCUT2D eigenvalue weighted by Crippen LogP contribution is 2.14. The molecule has 1 aromatic rings. The Labute approximate surface area is 103 Å². The lowest BCUT2D eigenvalue weighted by Gasteiger charge is -2.12. The number of nitrogens with one attached hydrogen (secondary N) is 1. The normalized spacial score (nSPS) is 12.8. The first kappa shape index (κ1) is 13.3. The van der Waals surface area contributed by atoms with Crippen molar-refractivity contribution >= 4 is 17.3 Å². The van der Waals surface area contributed by atoms with Crippen LogP contribution in [0.1, 0.15) is 19.4 Å². The third-order valence-electron chi connectivity index (χ3n) is 2.29. The van der Waals surface area contributed by atoms with Crippen molar-refractivity contribution in [2.75, 3.05) is 17.7 Å². The van der Waals surface area contributed by atoms with E-state index in [0.717, 1.165) is 12.1 Å². The van der Waals surface area contributed by atoms with Gasteiger partial charge in [0.05, 0.1) is 12.0 Å². The lowest BCUT2D eigenvalue weighted by Crippen LogP contribution is -2.20. The SMILES string of the molecule is CC(C)Cc1cccc(NCC(O)CCl)c1. The van der Waals surface area contributed by atoms with E-state index in [4.69, 9.17) is 11.6 Å². The van der Waals surface area contributed by atoms with Gasteiger partial charge in [-0.25, -0.2) is 0 Å². The second kappa shape index (κ2) is 6.77. The average Bonchev–Trinajstić information content (AvgIpc) is 2.25. The molecule has 2 nitrogen and oxygen atoms in total. The zero-order valence-electron chi connectivity index (χ0n) is 9.91. The summed E-state index contributed by atoms with van der Waals surface area (Å²) in [4.78, 5) is 0. The third kappa shape index (κ3) is 4.86. The van der Waals surface area contributed by atoms with Crippen LogP contribution in [0.2, 0.25) is 0 Å². The number of rotatable bonds is 6. The Balaban J connectivity index is 2.53. The Bertz CT molecular complexity index is 315. The highest BCUT2D eigenvalue weighted by molar-refractivity contribution is 6.18. The lowest BCUT2D eigenvalue weighted by atomic mass is 10.0. The minimum absolute atomic E-state index is 0.263. The minimum Gasteiger partial charge on any atom is -0.390 e. The Kier molecular flexibility index (Phi) is 5.64. The van der Waals surface area contributed by atoms with Gasteiger partial charge >= 0.3 is 0 Å². The van der Waals surface area contributed by atoms with Gasteiger partial charge in [-0.2, -0.15) is 0 Å². The summed E-state index contributed by atoms with van der Waals surface area (Å²) in [6.07, 6.45) is 0.587. The van der Waals surface area contributed by atoms with Gasteiger partial charge in [0.25, 0.3) is 0 Å².